The monoisotopic (exact) mass is 310 g/mol. The predicted octanol–water partition coefficient (Wildman–Crippen LogP) is 5.50. The minimum atomic E-state index is 0.645. The second-order valence-electron chi connectivity index (χ2n) is 5.97. The number of benzene rings is 3. The Morgan fingerprint density at radius 1 is 0.792 bits per heavy atom. The van der Waals surface area contributed by atoms with E-state index in [4.69, 9.17) is 9.40 Å². The van der Waals surface area contributed by atoms with Crippen LogP contribution in [0.15, 0.2) is 71.1 Å². The molecule has 3 aromatic carbocycles. The fourth-order valence-corrected chi connectivity index (χ4v) is 3.25. The van der Waals surface area contributed by atoms with Crippen molar-refractivity contribution in [2.45, 2.75) is 6.92 Å². The summed E-state index contributed by atoms with van der Waals surface area (Å²) < 4.78 is 5.93. The van der Waals surface area contributed by atoms with Gasteiger partial charge in [0.15, 0.2) is 5.82 Å². The molecule has 0 aliphatic heterocycles. The molecule has 3 heteroatoms. The third-order valence-electron chi connectivity index (χ3n) is 4.43. The summed E-state index contributed by atoms with van der Waals surface area (Å²) in [6.45, 7) is 2.01. The molecule has 0 saturated carbocycles. The topological polar surface area (TPSA) is 38.9 Å². The first kappa shape index (κ1) is 13.3. The summed E-state index contributed by atoms with van der Waals surface area (Å²) in [7, 11) is 0. The van der Waals surface area contributed by atoms with Crippen LogP contribution in [0.1, 0.15) is 5.69 Å². The summed E-state index contributed by atoms with van der Waals surface area (Å²) >= 11 is 0. The van der Waals surface area contributed by atoms with Crippen molar-refractivity contribution in [1.29, 1.82) is 0 Å². The first-order valence-corrected chi connectivity index (χ1v) is 7.95. The van der Waals surface area contributed by atoms with Crippen molar-refractivity contribution >= 4 is 32.8 Å². The summed E-state index contributed by atoms with van der Waals surface area (Å²) in [5.74, 6) is 0.699. The normalized spacial score (nSPS) is 11.5. The molecular weight excluding hydrogens is 296 g/mol. The summed E-state index contributed by atoms with van der Waals surface area (Å²) in [6, 6.07) is 22.6. The van der Waals surface area contributed by atoms with Crippen molar-refractivity contribution < 1.29 is 4.42 Å². The molecular formula is C21H14N2O. The summed E-state index contributed by atoms with van der Waals surface area (Å²) in [5.41, 5.74) is 3.43. The van der Waals surface area contributed by atoms with E-state index in [1.165, 1.54) is 10.8 Å². The molecule has 0 spiro atoms. The number of aromatic nitrogens is 2. The minimum Gasteiger partial charge on any atom is -0.438 e. The van der Waals surface area contributed by atoms with Gasteiger partial charge in [-0.05, 0) is 29.8 Å². The lowest BCUT2D eigenvalue weighted by atomic mass is 10.1. The summed E-state index contributed by atoms with van der Waals surface area (Å²) in [5, 5.41) is 4.45. The maximum Gasteiger partial charge on any atom is 0.231 e. The average molecular weight is 310 g/mol. The van der Waals surface area contributed by atoms with Crippen LogP contribution in [0.2, 0.25) is 0 Å². The van der Waals surface area contributed by atoms with Gasteiger partial charge in [-0.3, -0.25) is 0 Å². The van der Waals surface area contributed by atoms with Crippen LogP contribution in [-0.4, -0.2) is 9.97 Å². The highest BCUT2D eigenvalue weighted by Gasteiger charge is 2.14. The van der Waals surface area contributed by atoms with Crippen LogP contribution in [-0.2, 0) is 0 Å². The quantitative estimate of drug-likeness (QED) is 0.410. The van der Waals surface area contributed by atoms with Gasteiger partial charge in [-0.2, -0.15) is 4.98 Å². The summed E-state index contributed by atoms with van der Waals surface area (Å²) in [6.07, 6.45) is 0. The molecule has 2 heterocycles. The molecule has 0 fully saturated rings. The number of furan rings is 1. The zero-order valence-corrected chi connectivity index (χ0v) is 13.2. The van der Waals surface area contributed by atoms with Gasteiger partial charge < -0.3 is 4.42 Å². The molecule has 2 aromatic heterocycles. The number of hydrogen-bond donors (Lipinski definition) is 0. The van der Waals surface area contributed by atoms with Crippen LogP contribution in [0.3, 0.4) is 0 Å². The Hall–Kier alpha value is -3.20. The lowest BCUT2D eigenvalue weighted by molar-refractivity contribution is 0.653. The molecule has 0 saturated heterocycles. The van der Waals surface area contributed by atoms with Gasteiger partial charge in [-0.15, -0.1) is 0 Å². The molecule has 0 aliphatic rings. The van der Waals surface area contributed by atoms with E-state index in [9.17, 15) is 0 Å². The van der Waals surface area contributed by atoms with Gasteiger partial charge in [-0.25, -0.2) is 4.98 Å². The molecule has 0 atom stereocenters. The second-order valence-corrected chi connectivity index (χ2v) is 5.97. The zero-order valence-electron chi connectivity index (χ0n) is 13.2. The van der Waals surface area contributed by atoms with E-state index in [2.05, 4.69) is 35.3 Å². The van der Waals surface area contributed by atoms with Gasteiger partial charge in [0, 0.05) is 10.9 Å². The van der Waals surface area contributed by atoms with E-state index in [0.29, 0.717) is 11.5 Å². The first-order chi connectivity index (χ1) is 11.8. The first-order valence-electron chi connectivity index (χ1n) is 7.95. The van der Waals surface area contributed by atoms with Crippen molar-refractivity contribution in [2.75, 3.05) is 0 Å². The van der Waals surface area contributed by atoms with E-state index in [-0.39, 0.29) is 0 Å². The maximum atomic E-state index is 5.93. The number of nitrogens with zero attached hydrogens (tertiary/aromatic N) is 2. The van der Waals surface area contributed by atoms with E-state index in [0.717, 1.165) is 27.6 Å². The fraction of sp³-hybridized carbons (Fsp3) is 0.0476. The summed E-state index contributed by atoms with van der Waals surface area (Å²) in [4.78, 5) is 9.40. The second kappa shape index (κ2) is 4.90. The number of para-hydroxylation sites is 1. The van der Waals surface area contributed by atoms with Gasteiger partial charge in [0.05, 0.1) is 11.1 Å². The van der Waals surface area contributed by atoms with Crippen molar-refractivity contribution in [1.82, 2.24) is 9.97 Å². The van der Waals surface area contributed by atoms with E-state index >= 15 is 0 Å². The lowest BCUT2D eigenvalue weighted by Gasteiger charge is -2.04. The Morgan fingerprint density at radius 2 is 1.58 bits per heavy atom. The van der Waals surface area contributed by atoms with E-state index in [1.807, 2.05) is 43.3 Å². The standard InChI is InChI=1S/C21H14N2O/c1-13-19-17-8-4-5-9-18(17)24-21(19)23-20(22-13)16-11-10-14-6-2-3-7-15(14)12-16/h2-12H,1H3. The highest BCUT2D eigenvalue weighted by molar-refractivity contribution is 6.05. The third-order valence-corrected chi connectivity index (χ3v) is 4.43. The van der Waals surface area contributed by atoms with Crippen molar-refractivity contribution in [2.24, 2.45) is 0 Å². The smallest absolute Gasteiger partial charge is 0.231 e. The molecule has 0 bridgehead atoms. The van der Waals surface area contributed by atoms with Gasteiger partial charge >= 0.3 is 0 Å². The highest BCUT2D eigenvalue weighted by Crippen LogP contribution is 2.31. The van der Waals surface area contributed by atoms with Gasteiger partial charge in [-0.1, -0.05) is 54.6 Å². The van der Waals surface area contributed by atoms with Gasteiger partial charge in [0.2, 0.25) is 5.71 Å². The number of rotatable bonds is 1. The molecule has 0 aliphatic carbocycles. The number of fused-ring (bicyclic) bond motifs is 4. The van der Waals surface area contributed by atoms with Crippen LogP contribution in [0, 0.1) is 6.92 Å². The number of aryl methyl sites for hydroxylation is 1. The van der Waals surface area contributed by atoms with Gasteiger partial charge in [0.1, 0.15) is 5.58 Å². The minimum absolute atomic E-state index is 0.645. The average Bonchev–Trinajstić information content (AvgIpc) is 3.00. The van der Waals surface area contributed by atoms with Crippen molar-refractivity contribution in [3.8, 4) is 11.4 Å². The third kappa shape index (κ3) is 1.91. The predicted molar refractivity (Wildman–Crippen MR) is 97.0 cm³/mol. The molecule has 24 heavy (non-hydrogen) atoms. The fourth-order valence-electron chi connectivity index (χ4n) is 3.25. The molecule has 5 aromatic rings. The molecule has 5 rings (SSSR count). The Labute approximate surface area is 138 Å². The molecule has 114 valence electrons. The molecule has 3 nitrogen and oxygen atoms in total. The lowest BCUT2D eigenvalue weighted by Crippen LogP contribution is -1.92. The van der Waals surface area contributed by atoms with Crippen molar-refractivity contribution in [3.05, 3.63) is 72.4 Å². The maximum absolute atomic E-state index is 5.93. The van der Waals surface area contributed by atoms with Gasteiger partial charge in [0.25, 0.3) is 0 Å². The van der Waals surface area contributed by atoms with Crippen LogP contribution in [0.4, 0.5) is 0 Å². The van der Waals surface area contributed by atoms with Crippen LogP contribution in [0.25, 0.3) is 44.2 Å². The Balaban J connectivity index is 1.78. The van der Waals surface area contributed by atoms with E-state index < -0.39 is 0 Å². The van der Waals surface area contributed by atoms with E-state index in [1.54, 1.807) is 0 Å². The largest absolute Gasteiger partial charge is 0.438 e. The Morgan fingerprint density at radius 3 is 2.50 bits per heavy atom. The molecule has 0 N–H and O–H groups in total. The van der Waals surface area contributed by atoms with Crippen LogP contribution in [0.5, 0.6) is 0 Å². The van der Waals surface area contributed by atoms with Crippen molar-refractivity contribution in [3.63, 3.8) is 0 Å². The van der Waals surface area contributed by atoms with Crippen LogP contribution < -0.4 is 0 Å². The highest BCUT2D eigenvalue weighted by atomic mass is 16.3. The zero-order chi connectivity index (χ0) is 16.1. The molecule has 0 amide bonds. The molecule has 0 unspecified atom stereocenters. The molecule has 0 radical (unpaired) electrons. The Bertz CT molecular complexity index is 1220. The van der Waals surface area contributed by atoms with Crippen LogP contribution >= 0.6 is 0 Å². The number of hydrogen-bond acceptors (Lipinski definition) is 3. The Kier molecular flexibility index (Phi) is 2.71. The SMILES string of the molecule is Cc1nc(-c2ccc3ccccc3c2)nc2oc3ccccc3c12.